The summed E-state index contributed by atoms with van der Waals surface area (Å²) in [4.78, 5) is 8.25. The van der Waals surface area contributed by atoms with Crippen LogP contribution in [0.2, 0.25) is 0 Å². The number of hydrogen-bond acceptors (Lipinski definition) is 4. The number of aromatic nitrogens is 1. The maximum absolute atomic E-state index is 4.34. The van der Waals surface area contributed by atoms with Crippen LogP contribution in [0.3, 0.4) is 0 Å². The van der Waals surface area contributed by atoms with E-state index in [4.69, 9.17) is 0 Å². The van der Waals surface area contributed by atoms with E-state index in [9.17, 15) is 0 Å². The number of benzene rings is 1. The first-order valence-corrected chi connectivity index (χ1v) is 8.06. The first kappa shape index (κ1) is 13.6. The van der Waals surface area contributed by atoms with Crippen molar-refractivity contribution in [1.82, 2.24) is 9.88 Å². The van der Waals surface area contributed by atoms with E-state index in [1.807, 2.05) is 13.2 Å². The standard InChI is InChI=1S/C16H21N3S/c1-17-16-18-11-15(20-16)12-19-9-7-14(8-10-19)13-5-3-2-4-6-13/h2-6,11,14H,7-10,12H2,1H3,(H,17,18). The lowest BCUT2D eigenvalue weighted by Crippen LogP contribution is -2.32. The molecule has 1 aliphatic heterocycles. The second-order valence-electron chi connectivity index (χ2n) is 5.34. The summed E-state index contributed by atoms with van der Waals surface area (Å²) < 4.78 is 0. The van der Waals surface area contributed by atoms with E-state index in [2.05, 4.69) is 45.5 Å². The van der Waals surface area contributed by atoms with Crippen LogP contribution in [-0.4, -0.2) is 30.0 Å². The maximum atomic E-state index is 4.34. The minimum absolute atomic E-state index is 0.738. The fourth-order valence-corrected chi connectivity index (χ4v) is 3.67. The summed E-state index contributed by atoms with van der Waals surface area (Å²) in [5, 5.41) is 4.12. The fourth-order valence-electron chi connectivity index (χ4n) is 2.87. The Morgan fingerprint density at radius 1 is 1.25 bits per heavy atom. The third kappa shape index (κ3) is 3.19. The first-order valence-electron chi connectivity index (χ1n) is 7.25. The van der Waals surface area contributed by atoms with Gasteiger partial charge in [0.15, 0.2) is 5.13 Å². The molecule has 1 aromatic carbocycles. The SMILES string of the molecule is CNc1ncc(CN2CCC(c3ccccc3)CC2)s1. The Kier molecular flexibility index (Phi) is 4.33. The normalized spacial score (nSPS) is 17.2. The molecule has 1 aliphatic rings. The van der Waals surface area contributed by atoms with Crippen LogP contribution in [0.5, 0.6) is 0 Å². The summed E-state index contributed by atoms with van der Waals surface area (Å²) in [6.45, 7) is 3.42. The van der Waals surface area contributed by atoms with Crippen LogP contribution in [0.1, 0.15) is 29.2 Å². The van der Waals surface area contributed by atoms with Crippen LogP contribution in [0.25, 0.3) is 0 Å². The van der Waals surface area contributed by atoms with Crippen molar-refractivity contribution in [3.05, 3.63) is 47.0 Å². The molecule has 0 saturated carbocycles. The van der Waals surface area contributed by atoms with Crippen molar-refractivity contribution < 1.29 is 0 Å². The molecule has 0 atom stereocenters. The lowest BCUT2D eigenvalue weighted by Gasteiger charge is -2.31. The summed E-state index contributed by atoms with van der Waals surface area (Å²) >= 11 is 1.76. The van der Waals surface area contributed by atoms with Crippen LogP contribution >= 0.6 is 11.3 Å². The van der Waals surface area contributed by atoms with E-state index in [0.717, 1.165) is 17.6 Å². The molecule has 0 amide bonds. The van der Waals surface area contributed by atoms with Gasteiger partial charge in [-0.05, 0) is 37.4 Å². The zero-order chi connectivity index (χ0) is 13.8. The highest BCUT2D eigenvalue weighted by Gasteiger charge is 2.20. The number of nitrogens with one attached hydrogen (secondary N) is 1. The van der Waals surface area contributed by atoms with Gasteiger partial charge in [0.25, 0.3) is 0 Å². The zero-order valence-corrected chi connectivity index (χ0v) is 12.7. The predicted molar refractivity (Wildman–Crippen MR) is 85.4 cm³/mol. The molecular formula is C16H21N3S. The molecule has 1 fully saturated rings. The van der Waals surface area contributed by atoms with Gasteiger partial charge in [-0.25, -0.2) is 4.98 Å². The molecule has 1 N–H and O–H groups in total. The van der Waals surface area contributed by atoms with Gasteiger partial charge in [0, 0.05) is 24.7 Å². The molecule has 4 heteroatoms. The van der Waals surface area contributed by atoms with Crippen molar-refractivity contribution in [2.24, 2.45) is 0 Å². The largest absolute Gasteiger partial charge is 0.365 e. The van der Waals surface area contributed by atoms with E-state index >= 15 is 0 Å². The lowest BCUT2D eigenvalue weighted by molar-refractivity contribution is 0.206. The third-order valence-corrected chi connectivity index (χ3v) is 5.01. The number of hydrogen-bond donors (Lipinski definition) is 1. The molecule has 0 aliphatic carbocycles. The van der Waals surface area contributed by atoms with E-state index in [0.29, 0.717) is 0 Å². The molecular weight excluding hydrogens is 266 g/mol. The van der Waals surface area contributed by atoms with Crippen LogP contribution < -0.4 is 5.32 Å². The van der Waals surface area contributed by atoms with Crippen molar-refractivity contribution in [1.29, 1.82) is 0 Å². The Hall–Kier alpha value is -1.39. The molecule has 0 radical (unpaired) electrons. The molecule has 1 saturated heterocycles. The smallest absolute Gasteiger partial charge is 0.182 e. The van der Waals surface area contributed by atoms with Gasteiger partial charge in [0.2, 0.25) is 0 Å². The molecule has 2 heterocycles. The molecule has 3 rings (SSSR count). The van der Waals surface area contributed by atoms with E-state index in [1.54, 1.807) is 11.3 Å². The van der Waals surface area contributed by atoms with Crippen molar-refractivity contribution in [2.75, 3.05) is 25.5 Å². The molecule has 0 bridgehead atoms. The maximum Gasteiger partial charge on any atom is 0.182 e. The monoisotopic (exact) mass is 287 g/mol. The number of likely N-dealkylation sites (tertiary alicyclic amines) is 1. The van der Waals surface area contributed by atoms with Crippen molar-refractivity contribution in [3.8, 4) is 0 Å². The van der Waals surface area contributed by atoms with Gasteiger partial charge >= 0.3 is 0 Å². The lowest BCUT2D eigenvalue weighted by atomic mass is 9.89. The van der Waals surface area contributed by atoms with Crippen LogP contribution in [0.4, 0.5) is 5.13 Å². The van der Waals surface area contributed by atoms with Gasteiger partial charge in [0.1, 0.15) is 0 Å². The zero-order valence-electron chi connectivity index (χ0n) is 11.9. The van der Waals surface area contributed by atoms with Crippen molar-refractivity contribution in [2.45, 2.75) is 25.3 Å². The van der Waals surface area contributed by atoms with Gasteiger partial charge in [-0.15, -0.1) is 11.3 Å². The van der Waals surface area contributed by atoms with Gasteiger partial charge in [-0.1, -0.05) is 30.3 Å². The van der Waals surface area contributed by atoms with Crippen LogP contribution in [-0.2, 0) is 6.54 Å². The first-order chi connectivity index (χ1) is 9.85. The molecule has 0 unspecified atom stereocenters. The molecule has 3 nitrogen and oxygen atoms in total. The van der Waals surface area contributed by atoms with Gasteiger partial charge < -0.3 is 5.32 Å². The minimum Gasteiger partial charge on any atom is -0.365 e. The molecule has 20 heavy (non-hydrogen) atoms. The summed E-state index contributed by atoms with van der Waals surface area (Å²) in [6, 6.07) is 10.9. The summed E-state index contributed by atoms with van der Waals surface area (Å²) in [5.41, 5.74) is 1.50. The Bertz CT molecular complexity index is 530. The molecule has 106 valence electrons. The highest BCUT2D eigenvalue weighted by atomic mass is 32.1. The number of thiazole rings is 1. The van der Waals surface area contributed by atoms with Crippen LogP contribution in [0.15, 0.2) is 36.5 Å². The quantitative estimate of drug-likeness (QED) is 0.932. The van der Waals surface area contributed by atoms with Gasteiger partial charge in [-0.2, -0.15) is 0 Å². The Labute approximate surface area is 124 Å². The van der Waals surface area contributed by atoms with Gasteiger partial charge in [-0.3, -0.25) is 4.90 Å². The average Bonchev–Trinajstić information content (AvgIpc) is 2.97. The number of rotatable bonds is 4. The Balaban J connectivity index is 1.53. The van der Waals surface area contributed by atoms with Gasteiger partial charge in [0.05, 0.1) is 0 Å². The number of nitrogens with zero attached hydrogens (tertiary/aromatic N) is 2. The average molecular weight is 287 g/mol. The summed E-state index contributed by atoms with van der Waals surface area (Å²) in [5.74, 6) is 0.738. The number of anilines is 1. The third-order valence-electron chi connectivity index (χ3n) is 4.01. The van der Waals surface area contributed by atoms with Crippen LogP contribution in [0, 0.1) is 0 Å². The van der Waals surface area contributed by atoms with Crippen molar-refractivity contribution >= 4 is 16.5 Å². The summed E-state index contributed by atoms with van der Waals surface area (Å²) in [6.07, 6.45) is 4.53. The minimum atomic E-state index is 0.738. The predicted octanol–water partition coefficient (Wildman–Crippen LogP) is 3.56. The highest BCUT2D eigenvalue weighted by Crippen LogP contribution is 2.29. The summed E-state index contributed by atoms with van der Waals surface area (Å²) in [7, 11) is 1.92. The highest BCUT2D eigenvalue weighted by molar-refractivity contribution is 7.15. The number of piperidine rings is 1. The van der Waals surface area contributed by atoms with E-state index in [-0.39, 0.29) is 0 Å². The van der Waals surface area contributed by atoms with E-state index in [1.165, 1.54) is 36.4 Å². The fraction of sp³-hybridized carbons (Fsp3) is 0.438. The molecule has 0 spiro atoms. The Morgan fingerprint density at radius 3 is 2.65 bits per heavy atom. The van der Waals surface area contributed by atoms with E-state index < -0.39 is 0 Å². The topological polar surface area (TPSA) is 28.2 Å². The van der Waals surface area contributed by atoms with Crippen molar-refractivity contribution in [3.63, 3.8) is 0 Å². The Morgan fingerprint density at radius 2 is 2.00 bits per heavy atom. The molecule has 2 aromatic rings. The second kappa shape index (κ2) is 6.37. The molecule has 1 aromatic heterocycles. The second-order valence-corrected chi connectivity index (χ2v) is 6.46.